The molecule has 5 rings (SSSR count). The molecule has 0 atom stereocenters. The van der Waals surface area contributed by atoms with Gasteiger partial charge in [0.1, 0.15) is 0 Å². The molecular weight excluding hydrogens is 424 g/mol. The first-order valence-corrected chi connectivity index (χ1v) is 11.8. The Labute approximate surface area is 200 Å². The van der Waals surface area contributed by atoms with Crippen molar-refractivity contribution in [3.8, 4) is 6.07 Å². The van der Waals surface area contributed by atoms with Crippen LogP contribution in [0.25, 0.3) is 10.9 Å². The summed E-state index contributed by atoms with van der Waals surface area (Å²) in [5.74, 6) is -0.0289. The van der Waals surface area contributed by atoms with E-state index in [-0.39, 0.29) is 17.2 Å². The Balaban J connectivity index is 1.50. The molecule has 6 nitrogen and oxygen atoms in total. The first-order chi connectivity index (χ1) is 16.0. The van der Waals surface area contributed by atoms with E-state index in [1.807, 2.05) is 23.1 Å². The minimum absolute atomic E-state index is 0.0145. The Morgan fingerprint density at radius 3 is 2.41 bits per heavy atom. The van der Waals surface area contributed by atoms with Crippen molar-refractivity contribution in [3.63, 3.8) is 0 Å². The van der Waals surface area contributed by atoms with Crippen LogP contribution in [0.3, 0.4) is 0 Å². The van der Waals surface area contributed by atoms with Crippen molar-refractivity contribution in [2.75, 3.05) is 26.2 Å². The SMILES string of the molecule is CC1(C)c2cc(C(=O)N3CCN(C(C)(C)C)CC3)ccc2C(=O)c2c1[nH]c1cc(C#N)ccc21. The maximum Gasteiger partial charge on any atom is 0.253 e. The van der Waals surface area contributed by atoms with E-state index in [2.05, 4.69) is 50.6 Å². The first kappa shape index (κ1) is 22.4. The van der Waals surface area contributed by atoms with Gasteiger partial charge in [-0.2, -0.15) is 5.26 Å². The zero-order valence-electron chi connectivity index (χ0n) is 20.5. The molecule has 1 fully saturated rings. The van der Waals surface area contributed by atoms with Crippen LogP contribution >= 0.6 is 0 Å². The van der Waals surface area contributed by atoms with Gasteiger partial charge in [0.15, 0.2) is 5.78 Å². The van der Waals surface area contributed by atoms with Gasteiger partial charge in [-0.25, -0.2) is 0 Å². The molecule has 0 saturated carbocycles. The Kier molecular flexibility index (Phi) is 4.96. The molecule has 174 valence electrons. The molecule has 1 aliphatic carbocycles. The predicted molar refractivity (Wildman–Crippen MR) is 132 cm³/mol. The molecule has 1 saturated heterocycles. The van der Waals surface area contributed by atoms with Crippen LogP contribution in [0, 0.1) is 11.3 Å². The second-order valence-corrected chi connectivity index (χ2v) is 10.9. The number of piperazine rings is 1. The Morgan fingerprint density at radius 1 is 1.06 bits per heavy atom. The summed E-state index contributed by atoms with van der Waals surface area (Å²) in [7, 11) is 0. The number of hydrogen-bond acceptors (Lipinski definition) is 4. The molecule has 34 heavy (non-hydrogen) atoms. The molecule has 2 heterocycles. The number of carbonyl (C=O) groups excluding carboxylic acids is 2. The third-order valence-electron chi connectivity index (χ3n) is 7.48. The molecule has 0 radical (unpaired) electrons. The monoisotopic (exact) mass is 454 g/mol. The van der Waals surface area contributed by atoms with E-state index >= 15 is 0 Å². The number of aromatic amines is 1. The Morgan fingerprint density at radius 2 is 1.76 bits per heavy atom. The Bertz CT molecular complexity index is 1380. The molecule has 1 amide bonds. The van der Waals surface area contributed by atoms with Crippen molar-refractivity contribution in [3.05, 3.63) is 69.9 Å². The van der Waals surface area contributed by atoms with Crippen molar-refractivity contribution in [2.45, 2.75) is 45.6 Å². The number of nitrogens with one attached hydrogen (secondary N) is 1. The lowest BCUT2D eigenvalue weighted by atomic mass is 9.71. The van der Waals surface area contributed by atoms with Gasteiger partial charge in [-0.3, -0.25) is 14.5 Å². The second-order valence-electron chi connectivity index (χ2n) is 10.9. The zero-order valence-corrected chi connectivity index (χ0v) is 20.5. The molecule has 0 unspecified atom stereocenters. The number of nitrogens with zero attached hydrogens (tertiary/aromatic N) is 3. The van der Waals surface area contributed by atoms with E-state index in [1.165, 1.54) is 0 Å². The molecule has 6 heteroatoms. The van der Waals surface area contributed by atoms with Gasteiger partial charge in [-0.15, -0.1) is 0 Å². The maximum atomic E-state index is 13.6. The smallest absolute Gasteiger partial charge is 0.253 e. The highest BCUT2D eigenvalue weighted by molar-refractivity contribution is 6.20. The summed E-state index contributed by atoms with van der Waals surface area (Å²) in [6, 6.07) is 13.0. The lowest BCUT2D eigenvalue weighted by molar-refractivity contribution is 0.0451. The molecule has 1 N–H and O–H groups in total. The van der Waals surface area contributed by atoms with Crippen LogP contribution in [0.1, 0.15) is 77.7 Å². The predicted octanol–water partition coefficient (Wildman–Crippen LogP) is 4.47. The molecular formula is C28H30N4O2. The van der Waals surface area contributed by atoms with Crippen molar-refractivity contribution < 1.29 is 9.59 Å². The summed E-state index contributed by atoms with van der Waals surface area (Å²) in [4.78, 5) is 34.7. The van der Waals surface area contributed by atoms with E-state index < -0.39 is 5.41 Å². The van der Waals surface area contributed by atoms with Crippen LogP contribution in [0.2, 0.25) is 0 Å². The number of hydrogen-bond donors (Lipinski definition) is 1. The average Bonchev–Trinajstić information content (AvgIpc) is 3.21. The number of fused-ring (bicyclic) bond motifs is 4. The largest absolute Gasteiger partial charge is 0.357 e. The quantitative estimate of drug-likeness (QED) is 0.588. The summed E-state index contributed by atoms with van der Waals surface area (Å²) in [5, 5.41) is 10.1. The molecule has 0 bridgehead atoms. The third kappa shape index (κ3) is 3.35. The van der Waals surface area contributed by atoms with Crippen LogP contribution < -0.4 is 0 Å². The van der Waals surface area contributed by atoms with E-state index in [9.17, 15) is 14.9 Å². The van der Waals surface area contributed by atoms with Crippen LogP contribution in [0.15, 0.2) is 36.4 Å². The number of aromatic nitrogens is 1. The summed E-state index contributed by atoms with van der Waals surface area (Å²) in [6.07, 6.45) is 0. The fourth-order valence-electron chi connectivity index (χ4n) is 5.40. The standard InChI is InChI=1S/C28H30N4O2/c1-27(2,3)32-12-10-31(11-13-32)26(34)18-7-9-19-21(15-18)28(4,5)25-23(24(19)33)20-8-6-17(16-29)14-22(20)30-25/h6-9,14-15,30H,10-13H2,1-5H3. The van der Waals surface area contributed by atoms with Gasteiger partial charge in [-0.05, 0) is 56.7 Å². The van der Waals surface area contributed by atoms with Gasteiger partial charge in [0.2, 0.25) is 0 Å². The summed E-state index contributed by atoms with van der Waals surface area (Å²) < 4.78 is 0. The van der Waals surface area contributed by atoms with Crippen LogP contribution in [-0.4, -0.2) is 58.2 Å². The van der Waals surface area contributed by atoms with Crippen molar-refractivity contribution in [1.82, 2.24) is 14.8 Å². The summed E-state index contributed by atoms with van der Waals surface area (Å²) in [5.41, 5.74) is 4.54. The van der Waals surface area contributed by atoms with E-state index in [0.29, 0.717) is 35.3 Å². The van der Waals surface area contributed by atoms with E-state index in [0.717, 1.165) is 35.2 Å². The fourth-order valence-corrected chi connectivity index (χ4v) is 5.40. The van der Waals surface area contributed by atoms with Gasteiger partial charge in [0.25, 0.3) is 5.91 Å². The Hall–Kier alpha value is -3.43. The third-order valence-corrected chi connectivity index (χ3v) is 7.48. The number of rotatable bonds is 1. The first-order valence-electron chi connectivity index (χ1n) is 11.8. The van der Waals surface area contributed by atoms with Crippen LogP contribution in [0.5, 0.6) is 0 Å². The summed E-state index contributed by atoms with van der Waals surface area (Å²) in [6.45, 7) is 13.9. The highest BCUT2D eigenvalue weighted by Gasteiger charge is 2.40. The molecule has 2 aliphatic rings. The fraction of sp³-hybridized carbons (Fsp3) is 0.393. The van der Waals surface area contributed by atoms with Crippen molar-refractivity contribution in [1.29, 1.82) is 5.26 Å². The van der Waals surface area contributed by atoms with Gasteiger partial charge < -0.3 is 9.88 Å². The van der Waals surface area contributed by atoms with Gasteiger partial charge in [-0.1, -0.05) is 19.9 Å². The molecule has 0 spiro atoms. The highest BCUT2D eigenvalue weighted by atomic mass is 16.2. The minimum atomic E-state index is -0.494. The molecule has 2 aromatic carbocycles. The van der Waals surface area contributed by atoms with Crippen LogP contribution in [0.4, 0.5) is 0 Å². The van der Waals surface area contributed by atoms with Gasteiger partial charge >= 0.3 is 0 Å². The molecule has 1 aromatic heterocycles. The van der Waals surface area contributed by atoms with Crippen molar-refractivity contribution in [2.24, 2.45) is 0 Å². The van der Waals surface area contributed by atoms with E-state index in [4.69, 9.17) is 0 Å². The number of nitriles is 1. The molecule has 1 aliphatic heterocycles. The summed E-state index contributed by atoms with van der Waals surface area (Å²) >= 11 is 0. The zero-order chi connectivity index (χ0) is 24.4. The topological polar surface area (TPSA) is 80.2 Å². The van der Waals surface area contributed by atoms with Gasteiger partial charge in [0, 0.05) is 64.9 Å². The normalized spacial score (nSPS) is 17.9. The van der Waals surface area contributed by atoms with E-state index in [1.54, 1.807) is 18.2 Å². The van der Waals surface area contributed by atoms with Gasteiger partial charge in [0.05, 0.1) is 17.2 Å². The number of benzene rings is 2. The minimum Gasteiger partial charge on any atom is -0.357 e. The lowest BCUT2D eigenvalue weighted by Crippen LogP contribution is -2.54. The molecule has 3 aromatic rings. The number of H-pyrrole nitrogens is 1. The number of ketones is 1. The number of amides is 1. The second kappa shape index (κ2) is 7.54. The number of carbonyl (C=O) groups is 2. The van der Waals surface area contributed by atoms with Crippen LogP contribution in [-0.2, 0) is 5.41 Å². The average molecular weight is 455 g/mol. The van der Waals surface area contributed by atoms with Crippen molar-refractivity contribution >= 4 is 22.6 Å². The maximum absolute atomic E-state index is 13.6. The highest BCUT2D eigenvalue weighted by Crippen LogP contribution is 2.44. The lowest BCUT2D eigenvalue weighted by Gasteiger charge is -2.42.